The number of nitrogens with zero attached hydrogens (tertiary/aromatic N) is 3. The summed E-state index contributed by atoms with van der Waals surface area (Å²) in [6.45, 7) is 7.07. The first kappa shape index (κ1) is 26.9. The van der Waals surface area contributed by atoms with Gasteiger partial charge in [0, 0.05) is 29.9 Å². The molecule has 4 aromatic rings. The van der Waals surface area contributed by atoms with Crippen molar-refractivity contribution in [2.24, 2.45) is 0 Å². The number of unbranched alkanes of at least 4 members (excludes halogenated alkanes) is 3. The highest BCUT2D eigenvalue weighted by Gasteiger charge is 2.16. The van der Waals surface area contributed by atoms with E-state index in [2.05, 4.69) is 23.0 Å². The molecule has 0 aliphatic heterocycles. The molecule has 0 radical (unpaired) electrons. The molecule has 0 aliphatic rings. The van der Waals surface area contributed by atoms with Crippen molar-refractivity contribution >= 4 is 22.5 Å². The first-order valence-electron chi connectivity index (χ1n) is 13.0. The third-order valence-electron chi connectivity index (χ3n) is 5.80. The van der Waals surface area contributed by atoms with E-state index in [1.165, 1.54) is 0 Å². The zero-order valence-electron chi connectivity index (χ0n) is 21.7. The molecule has 0 bridgehead atoms. The van der Waals surface area contributed by atoms with Gasteiger partial charge in [-0.25, -0.2) is 4.98 Å². The second-order valence-electron chi connectivity index (χ2n) is 8.43. The molecular formula is C31H37N3O2. The molecule has 0 N–H and O–H groups in total. The average Bonchev–Trinajstić information content (AvgIpc) is 2.95. The molecule has 0 atom stereocenters. The Bertz CT molecular complexity index is 1190. The van der Waals surface area contributed by atoms with Gasteiger partial charge in [0.1, 0.15) is 12.4 Å². The van der Waals surface area contributed by atoms with Crippen LogP contribution in [0, 0.1) is 0 Å². The molecule has 5 heteroatoms. The molecule has 1 amide bonds. The Morgan fingerprint density at radius 1 is 0.889 bits per heavy atom. The molecule has 4 rings (SSSR count). The number of fused-ring (bicyclic) bond motifs is 1. The van der Waals surface area contributed by atoms with Gasteiger partial charge < -0.3 is 9.64 Å². The normalized spacial score (nSPS) is 10.4. The molecule has 2 heterocycles. The Balaban J connectivity index is 0.00000176. The highest BCUT2D eigenvalue weighted by molar-refractivity contribution is 5.93. The van der Waals surface area contributed by atoms with Crippen molar-refractivity contribution in [3.8, 4) is 5.75 Å². The molecule has 0 saturated carbocycles. The number of aromatic nitrogens is 2. The van der Waals surface area contributed by atoms with Crippen molar-refractivity contribution in [1.29, 1.82) is 0 Å². The van der Waals surface area contributed by atoms with E-state index >= 15 is 0 Å². The topological polar surface area (TPSA) is 55.3 Å². The Hall–Kier alpha value is -3.73. The Morgan fingerprint density at radius 2 is 1.69 bits per heavy atom. The van der Waals surface area contributed by atoms with Gasteiger partial charge in [0.15, 0.2) is 0 Å². The summed E-state index contributed by atoms with van der Waals surface area (Å²) >= 11 is 0. The Kier molecular flexibility index (Phi) is 10.9. The maximum absolute atomic E-state index is 13.1. The van der Waals surface area contributed by atoms with Crippen LogP contribution < -0.4 is 9.64 Å². The fourth-order valence-electron chi connectivity index (χ4n) is 3.90. The van der Waals surface area contributed by atoms with Crippen LogP contribution in [-0.2, 0) is 17.9 Å². The number of hydrogen-bond donors (Lipinski definition) is 0. The molecule has 36 heavy (non-hydrogen) atoms. The number of carbonyl (C=O) groups is 1. The molecule has 0 saturated heterocycles. The lowest BCUT2D eigenvalue weighted by Gasteiger charge is -2.23. The molecule has 5 nitrogen and oxygen atoms in total. The van der Waals surface area contributed by atoms with Crippen LogP contribution in [0.5, 0.6) is 5.75 Å². The summed E-state index contributed by atoms with van der Waals surface area (Å²) in [7, 11) is 0. The van der Waals surface area contributed by atoms with Crippen LogP contribution in [-0.4, -0.2) is 15.9 Å². The van der Waals surface area contributed by atoms with Crippen molar-refractivity contribution in [3.63, 3.8) is 0 Å². The number of anilines is 1. The van der Waals surface area contributed by atoms with Crippen LogP contribution in [0.25, 0.3) is 10.9 Å². The minimum absolute atomic E-state index is 0.133. The van der Waals surface area contributed by atoms with Gasteiger partial charge in [-0.05, 0) is 54.4 Å². The van der Waals surface area contributed by atoms with E-state index in [-0.39, 0.29) is 5.91 Å². The minimum Gasteiger partial charge on any atom is -0.487 e. The molecule has 2 aromatic carbocycles. The molecule has 0 unspecified atom stereocenters. The van der Waals surface area contributed by atoms with Gasteiger partial charge in [0.2, 0.25) is 5.91 Å². The highest BCUT2D eigenvalue weighted by atomic mass is 16.5. The van der Waals surface area contributed by atoms with Crippen LogP contribution in [0.4, 0.5) is 5.69 Å². The summed E-state index contributed by atoms with van der Waals surface area (Å²) < 4.78 is 5.97. The smallest absolute Gasteiger partial charge is 0.227 e. The van der Waals surface area contributed by atoms with Gasteiger partial charge in [0.05, 0.1) is 17.8 Å². The molecule has 0 spiro atoms. The molecule has 2 aromatic heterocycles. The SMILES string of the molecule is CC.CCCCCCC(=O)N(Cc1cccnc1)c1ccc(OCc2ccc3ccccc3n2)cc1. The van der Waals surface area contributed by atoms with E-state index in [1.807, 2.05) is 91.7 Å². The standard InChI is InChI=1S/C29H31N3O2.C2H6/c1-2-3-4-5-12-29(33)32(21-23-9-8-19-30-20-23)26-15-17-27(18-16-26)34-22-25-14-13-24-10-6-7-11-28(24)31-25;1-2/h6-11,13-20H,2-5,12,21-22H2,1H3;1-2H3. The van der Waals surface area contributed by atoms with Gasteiger partial charge in [-0.3, -0.25) is 9.78 Å². The number of amides is 1. The van der Waals surface area contributed by atoms with Gasteiger partial charge in [-0.15, -0.1) is 0 Å². The molecular weight excluding hydrogens is 446 g/mol. The van der Waals surface area contributed by atoms with Gasteiger partial charge >= 0.3 is 0 Å². The number of rotatable bonds is 11. The zero-order chi connectivity index (χ0) is 25.6. The number of para-hydroxylation sites is 1. The first-order valence-corrected chi connectivity index (χ1v) is 13.0. The second kappa shape index (κ2) is 14.6. The Labute approximate surface area is 215 Å². The number of hydrogen-bond acceptors (Lipinski definition) is 4. The lowest BCUT2D eigenvalue weighted by atomic mass is 10.1. The predicted octanol–water partition coefficient (Wildman–Crippen LogP) is 7.74. The maximum Gasteiger partial charge on any atom is 0.227 e. The lowest BCUT2D eigenvalue weighted by molar-refractivity contribution is -0.118. The van der Waals surface area contributed by atoms with Crippen molar-refractivity contribution < 1.29 is 9.53 Å². The van der Waals surface area contributed by atoms with E-state index in [0.717, 1.165) is 59.3 Å². The number of benzene rings is 2. The van der Waals surface area contributed by atoms with Crippen LogP contribution in [0.15, 0.2) is 85.2 Å². The molecule has 0 aliphatic carbocycles. The zero-order valence-corrected chi connectivity index (χ0v) is 21.7. The first-order chi connectivity index (χ1) is 17.7. The van der Waals surface area contributed by atoms with Crippen LogP contribution in [0.3, 0.4) is 0 Å². The van der Waals surface area contributed by atoms with Crippen LogP contribution in [0.2, 0.25) is 0 Å². The third kappa shape index (κ3) is 7.91. The number of pyridine rings is 2. The fourth-order valence-corrected chi connectivity index (χ4v) is 3.90. The quantitative estimate of drug-likeness (QED) is 0.205. The molecule has 0 fully saturated rings. The average molecular weight is 484 g/mol. The van der Waals surface area contributed by atoms with E-state index in [0.29, 0.717) is 19.6 Å². The van der Waals surface area contributed by atoms with Crippen molar-refractivity contribution in [2.75, 3.05) is 4.90 Å². The number of ether oxygens (including phenoxy) is 1. The highest BCUT2D eigenvalue weighted by Crippen LogP contribution is 2.24. The van der Waals surface area contributed by atoms with Crippen LogP contribution >= 0.6 is 0 Å². The van der Waals surface area contributed by atoms with E-state index in [4.69, 9.17) is 4.74 Å². The Morgan fingerprint density at radius 3 is 2.44 bits per heavy atom. The predicted molar refractivity (Wildman–Crippen MR) is 148 cm³/mol. The summed E-state index contributed by atoms with van der Waals surface area (Å²) in [5.41, 5.74) is 3.71. The van der Waals surface area contributed by atoms with Gasteiger partial charge in [0.25, 0.3) is 0 Å². The minimum atomic E-state index is 0.133. The van der Waals surface area contributed by atoms with Gasteiger partial charge in [-0.1, -0.05) is 70.4 Å². The largest absolute Gasteiger partial charge is 0.487 e. The summed E-state index contributed by atoms with van der Waals surface area (Å²) in [4.78, 5) is 23.8. The van der Waals surface area contributed by atoms with Crippen LogP contribution in [0.1, 0.15) is 64.1 Å². The number of carbonyl (C=O) groups excluding carboxylic acids is 1. The molecule has 188 valence electrons. The van der Waals surface area contributed by atoms with Gasteiger partial charge in [-0.2, -0.15) is 0 Å². The third-order valence-corrected chi connectivity index (χ3v) is 5.80. The summed E-state index contributed by atoms with van der Waals surface area (Å²) in [6, 6.07) is 23.7. The second-order valence-corrected chi connectivity index (χ2v) is 8.43. The van der Waals surface area contributed by atoms with Crippen molar-refractivity contribution in [1.82, 2.24) is 9.97 Å². The van der Waals surface area contributed by atoms with Crippen molar-refractivity contribution in [2.45, 2.75) is 66.0 Å². The van der Waals surface area contributed by atoms with E-state index < -0.39 is 0 Å². The van der Waals surface area contributed by atoms with E-state index in [1.54, 1.807) is 6.20 Å². The summed E-state index contributed by atoms with van der Waals surface area (Å²) in [5.74, 6) is 0.879. The summed E-state index contributed by atoms with van der Waals surface area (Å²) in [5, 5.41) is 1.11. The monoisotopic (exact) mass is 483 g/mol. The summed E-state index contributed by atoms with van der Waals surface area (Å²) in [6.07, 6.45) is 8.42. The maximum atomic E-state index is 13.1. The van der Waals surface area contributed by atoms with Crippen molar-refractivity contribution in [3.05, 3.63) is 96.4 Å². The van der Waals surface area contributed by atoms with E-state index in [9.17, 15) is 4.79 Å². The fraction of sp³-hybridized carbons (Fsp3) is 0.323. The lowest BCUT2D eigenvalue weighted by Crippen LogP contribution is -2.30.